The lowest BCUT2D eigenvalue weighted by atomic mass is 9.84. The maximum Gasteiger partial charge on any atom is 0.407 e. The number of carbonyl (C=O) groups excluding carboxylic acids is 1. The van der Waals surface area contributed by atoms with Gasteiger partial charge in [-0.2, -0.15) is 0 Å². The second-order valence-electron chi connectivity index (χ2n) is 8.72. The molecule has 3 rings (SSSR count). The smallest absolute Gasteiger partial charge is 0.407 e. The molecule has 0 aromatic heterocycles. The molecule has 7 nitrogen and oxygen atoms in total. The van der Waals surface area contributed by atoms with Gasteiger partial charge >= 0.3 is 12.1 Å². The average molecular weight is 390 g/mol. The summed E-state index contributed by atoms with van der Waals surface area (Å²) in [4.78, 5) is 27.3. The largest absolute Gasteiger partial charge is 0.465 e. The molecule has 7 heteroatoms. The Hall–Kier alpha value is -2.12. The van der Waals surface area contributed by atoms with E-state index in [1.807, 2.05) is 19.1 Å². The molecular formula is C21H30N2O5. The molecule has 1 saturated heterocycles. The van der Waals surface area contributed by atoms with Crippen molar-refractivity contribution < 1.29 is 24.2 Å². The zero-order valence-corrected chi connectivity index (χ0v) is 17.3. The van der Waals surface area contributed by atoms with Crippen LogP contribution in [0.1, 0.15) is 53.9 Å². The van der Waals surface area contributed by atoms with Gasteiger partial charge in [-0.3, -0.25) is 4.90 Å². The van der Waals surface area contributed by atoms with Crippen molar-refractivity contribution in [3.63, 3.8) is 0 Å². The number of piperazine rings is 1. The molecule has 28 heavy (non-hydrogen) atoms. The third kappa shape index (κ3) is 3.86. The summed E-state index contributed by atoms with van der Waals surface area (Å²) >= 11 is 0. The summed E-state index contributed by atoms with van der Waals surface area (Å²) in [7, 11) is 1.69. The van der Waals surface area contributed by atoms with Crippen molar-refractivity contribution in [1.82, 2.24) is 9.80 Å². The number of nitrogens with zero attached hydrogens (tertiary/aromatic N) is 2. The molecule has 2 atom stereocenters. The Kier molecular flexibility index (Phi) is 5.68. The normalized spacial score (nSPS) is 21.4. The number of methoxy groups -OCH3 is 1. The highest BCUT2D eigenvalue weighted by molar-refractivity contribution is 5.93. The van der Waals surface area contributed by atoms with E-state index in [4.69, 9.17) is 9.47 Å². The predicted molar refractivity (Wildman–Crippen MR) is 104 cm³/mol. The van der Waals surface area contributed by atoms with Crippen LogP contribution in [0.5, 0.6) is 0 Å². The van der Waals surface area contributed by atoms with Gasteiger partial charge in [-0.15, -0.1) is 0 Å². The Balaban J connectivity index is 1.79. The summed E-state index contributed by atoms with van der Waals surface area (Å²) < 4.78 is 11.0. The van der Waals surface area contributed by atoms with Gasteiger partial charge in [0.15, 0.2) is 0 Å². The van der Waals surface area contributed by atoms with E-state index in [9.17, 15) is 14.7 Å². The Bertz CT molecular complexity index is 771. The highest BCUT2D eigenvalue weighted by atomic mass is 16.5. The lowest BCUT2D eigenvalue weighted by Gasteiger charge is -2.46. The zero-order valence-electron chi connectivity index (χ0n) is 17.3. The van der Waals surface area contributed by atoms with Crippen molar-refractivity contribution in [2.45, 2.75) is 46.4 Å². The summed E-state index contributed by atoms with van der Waals surface area (Å²) in [6.45, 7) is 11.0. The number of hydrogen-bond donors (Lipinski definition) is 1. The number of carbonyl (C=O) groups is 2. The van der Waals surface area contributed by atoms with Crippen LogP contribution in [0.3, 0.4) is 0 Å². The maximum atomic E-state index is 11.8. The van der Waals surface area contributed by atoms with Crippen molar-refractivity contribution in [2.24, 2.45) is 5.41 Å². The van der Waals surface area contributed by atoms with Crippen LogP contribution in [0.25, 0.3) is 0 Å². The van der Waals surface area contributed by atoms with Crippen molar-refractivity contribution in [2.75, 3.05) is 33.3 Å². The fraction of sp³-hybridized carbons (Fsp3) is 0.619. The van der Waals surface area contributed by atoms with Crippen LogP contribution in [0, 0.1) is 12.3 Å². The van der Waals surface area contributed by atoms with Gasteiger partial charge in [0.05, 0.1) is 17.7 Å². The highest BCUT2D eigenvalue weighted by Gasteiger charge is 2.38. The standard InChI is InChI=1S/C21H30N2O5/c1-13-14(6-7-15-16(13)12-28-19(15)24)17(27-5)10-22-8-9-23(20(25)26)18(11-22)21(2,3)4/h6-7,17-18H,8-12H2,1-5H3,(H,25,26). The monoisotopic (exact) mass is 390 g/mol. The van der Waals surface area contributed by atoms with Gasteiger partial charge in [-0.1, -0.05) is 26.8 Å². The highest BCUT2D eigenvalue weighted by Crippen LogP contribution is 2.32. The number of carboxylic acid groups (broad SMARTS) is 1. The molecule has 1 aromatic carbocycles. The number of cyclic esters (lactones) is 1. The molecule has 0 saturated carbocycles. The number of amides is 1. The van der Waals surface area contributed by atoms with Crippen LogP contribution >= 0.6 is 0 Å². The third-order valence-corrected chi connectivity index (χ3v) is 5.97. The zero-order chi connectivity index (χ0) is 20.6. The Morgan fingerprint density at radius 3 is 2.68 bits per heavy atom. The Morgan fingerprint density at radius 2 is 2.07 bits per heavy atom. The van der Waals surface area contributed by atoms with Crippen LogP contribution in [0.4, 0.5) is 4.79 Å². The van der Waals surface area contributed by atoms with Crippen molar-refractivity contribution >= 4 is 12.1 Å². The molecular weight excluding hydrogens is 360 g/mol. The molecule has 1 aromatic rings. The molecule has 1 fully saturated rings. The summed E-state index contributed by atoms with van der Waals surface area (Å²) in [6.07, 6.45) is -1.01. The van der Waals surface area contributed by atoms with Crippen LogP contribution < -0.4 is 0 Å². The fourth-order valence-electron chi connectivity index (χ4n) is 4.23. The van der Waals surface area contributed by atoms with E-state index in [2.05, 4.69) is 25.7 Å². The van der Waals surface area contributed by atoms with E-state index >= 15 is 0 Å². The summed E-state index contributed by atoms with van der Waals surface area (Å²) in [5.41, 5.74) is 3.51. The molecule has 2 aliphatic heterocycles. The molecule has 0 spiro atoms. The number of fused-ring (bicyclic) bond motifs is 1. The van der Waals surface area contributed by atoms with Gasteiger partial charge in [-0.25, -0.2) is 9.59 Å². The van der Waals surface area contributed by atoms with Gasteiger partial charge in [0, 0.05) is 38.9 Å². The lowest BCUT2D eigenvalue weighted by Crippen LogP contribution is -2.59. The van der Waals surface area contributed by atoms with Gasteiger partial charge < -0.3 is 19.5 Å². The summed E-state index contributed by atoms with van der Waals surface area (Å²) in [5.74, 6) is -0.267. The molecule has 0 radical (unpaired) electrons. The van der Waals surface area contributed by atoms with Crippen LogP contribution in [0.15, 0.2) is 12.1 Å². The first-order valence-electron chi connectivity index (χ1n) is 9.67. The number of esters is 1. The molecule has 1 N–H and O–H groups in total. The summed E-state index contributed by atoms with van der Waals surface area (Å²) in [5, 5.41) is 9.56. The quantitative estimate of drug-likeness (QED) is 0.796. The van der Waals surface area contributed by atoms with Crippen LogP contribution in [0.2, 0.25) is 0 Å². The van der Waals surface area contributed by atoms with Crippen LogP contribution in [-0.4, -0.2) is 66.3 Å². The van der Waals surface area contributed by atoms with E-state index in [1.165, 1.54) is 0 Å². The van der Waals surface area contributed by atoms with Crippen molar-refractivity contribution in [1.29, 1.82) is 0 Å². The summed E-state index contributed by atoms with van der Waals surface area (Å²) in [6, 6.07) is 3.69. The number of ether oxygens (including phenoxy) is 2. The minimum Gasteiger partial charge on any atom is -0.465 e. The first-order valence-corrected chi connectivity index (χ1v) is 9.67. The SMILES string of the molecule is COC(CN1CCN(C(=O)O)C(C(C)(C)C)C1)c1ccc2c(c1C)COC2=O. The number of rotatable bonds is 4. The molecule has 1 amide bonds. The number of hydrogen-bond acceptors (Lipinski definition) is 5. The van der Waals surface area contributed by atoms with E-state index in [0.717, 1.165) is 16.7 Å². The molecule has 0 aliphatic carbocycles. The molecule has 2 aliphatic rings. The van der Waals surface area contributed by atoms with Gasteiger partial charge in [0.1, 0.15) is 6.61 Å². The molecule has 2 unspecified atom stereocenters. The minimum absolute atomic E-state index is 0.0802. The first-order chi connectivity index (χ1) is 13.1. The van der Waals surface area contributed by atoms with Crippen molar-refractivity contribution in [3.8, 4) is 0 Å². The predicted octanol–water partition coefficient (Wildman–Crippen LogP) is 3.06. The first kappa shape index (κ1) is 20.6. The second-order valence-corrected chi connectivity index (χ2v) is 8.72. The topological polar surface area (TPSA) is 79.3 Å². The molecule has 0 bridgehead atoms. The van der Waals surface area contributed by atoms with E-state index in [1.54, 1.807) is 12.0 Å². The molecule has 154 valence electrons. The fourth-order valence-corrected chi connectivity index (χ4v) is 4.23. The molecule has 2 heterocycles. The second kappa shape index (κ2) is 7.72. The Morgan fingerprint density at radius 1 is 1.36 bits per heavy atom. The van der Waals surface area contributed by atoms with E-state index in [0.29, 0.717) is 38.3 Å². The van der Waals surface area contributed by atoms with E-state index < -0.39 is 6.09 Å². The maximum absolute atomic E-state index is 11.8. The average Bonchev–Trinajstić information content (AvgIpc) is 3.01. The van der Waals surface area contributed by atoms with Crippen LogP contribution in [-0.2, 0) is 16.1 Å². The Labute approximate surface area is 166 Å². The third-order valence-electron chi connectivity index (χ3n) is 5.97. The van der Waals surface area contributed by atoms with Crippen molar-refractivity contribution in [3.05, 3.63) is 34.4 Å². The van der Waals surface area contributed by atoms with E-state index in [-0.39, 0.29) is 23.5 Å². The lowest BCUT2D eigenvalue weighted by molar-refractivity contribution is -0.00433. The van der Waals surface area contributed by atoms with Gasteiger partial charge in [-0.05, 0) is 29.5 Å². The van der Waals surface area contributed by atoms with Gasteiger partial charge in [0.25, 0.3) is 0 Å². The minimum atomic E-state index is -0.859. The number of benzene rings is 1. The van der Waals surface area contributed by atoms with Gasteiger partial charge in [0.2, 0.25) is 0 Å².